The number of amides is 1. The van der Waals surface area contributed by atoms with Gasteiger partial charge in [0.15, 0.2) is 0 Å². The molecule has 1 atom stereocenters. The van der Waals surface area contributed by atoms with Gasteiger partial charge < -0.3 is 10.2 Å². The SMILES string of the molecule is Cc1ccc(NC(=O)C2CCCN(c3nc(-c4ccncc4)cc(=O)n3C)C2)cc1. The van der Waals surface area contributed by atoms with Crippen LogP contribution in [0.4, 0.5) is 11.6 Å². The lowest BCUT2D eigenvalue weighted by Crippen LogP contribution is -2.43. The predicted octanol–water partition coefficient (Wildman–Crippen LogP) is 3.01. The summed E-state index contributed by atoms with van der Waals surface area (Å²) in [4.78, 5) is 36.2. The normalized spacial score (nSPS) is 16.3. The largest absolute Gasteiger partial charge is 0.341 e. The molecule has 3 heterocycles. The van der Waals surface area contributed by atoms with Gasteiger partial charge in [-0.1, -0.05) is 17.7 Å². The number of nitrogens with zero attached hydrogens (tertiary/aromatic N) is 4. The average Bonchev–Trinajstić information content (AvgIpc) is 2.78. The van der Waals surface area contributed by atoms with Crippen LogP contribution in [0.25, 0.3) is 11.3 Å². The molecule has 1 fully saturated rings. The number of aryl methyl sites for hydroxylation is 1. The molecule has 30 heavy (non-hydrogen) atoms. The predicted molar refractivity (Wildman–Crippen MR) is 117 cm³/mol. The van der Waals surface area contributed by atoms with E-state index >= 15 is 0 Å². The summed E-state index contributed by atoms with van der Waals surface area (Å²) < 4.78 is 1.55. The summed E-state index contributed by atoms with van der Waals surface area (Å²) >= 11 is 0. The summed E-state index contributed by atoms with van der Waals surface area (Å²) in [7, 11) is 1.72. The molecule has 1 unspecified atom stereocenters. The summed E-state index contributed by atoms with van der Waals surface area (Å²) in [5.74, 6) is 0.419. The second-order valence-electron chi connectivity index (χ2n) is 7.71. The van der Waals surface area contributed by atoms with Crippen LogP contribution in [0.5, 0.6) is 0 Å². The molecule has 1 aliphatic heterocycles. The van der Waals surface area contributed by atoms with Crippen molar-refractivity contribution in [3.63, 3.8) is 0 Å². The Labute approximate surface area is 175 Å². The average molecular weight is 403 g/mol. The van der Waals surface area contributed by atoms with E-state index in [-0.39, 0.29) is 17.4 Å². The van der Waals surface area contributed by atoms with Gasteiger partial charge in [-0.25, -0.2) is 4.98 Å². The van der Waals surface area contributed by atoms with Gasteiger partial charge >= 0.3 is 0 Å². The molecule has 0 bridgehead atoms. The minimum atomic E-state index is -0.165. The molecule has 4 rings (SSSR count). The van der Waals surface area contributed by atoms with Gasteiger partial charge in [0.25, 0.3) is 5.56 Å². The van der Waals surface area contributed by atoms with Gasteiger partial charge in [-0.15, -0.1) is 0 Å². The van der Waals surface area contributed by atoms with Gasteiger partial charge in [-0.05, 0) is 44.0 Å². The van der Waals surface area contributed by atoms with Crippen LogP contribution in [0.15, 0.2) is 59.7 Å². The molecule has 1 saturated heterocycles. The number of benzene rings is 1. The third-order valence-electron chi connectivity index (χ3n) is 5.48. The Kier molecular flexibility index (Phi) is 5.61. The maximum Gasteiger partial charge on any atom is 0.255 e. The van der Waals surface area contributed by atoms with E-state index in [1.807, 2.05) is 48.2 Å². The third-order valence-corrected chi connectivity index (χ3v) is 5.48. The highest BCUT2D eigenvalue weighted by molar-refractivity contribution is 5.93. The summed E-state index contributed by atoms with van der Waals surface area (Å²) in [6.07, 6.45) is 5.04. The van der Waals surface area contributed by atoms with Gasteiger partial charge in [-0.3, -0.25) is 19.1 Å². The highest BCUT2D eigenvalue weighted by Gasteiger charge is 2.28. The van der Waals surface area contributed by atoms with Gasteiger partial charge in [0, 0.05) is 49.8 Å². The van der Waals surface area contributed by atoms with Crippen LogP contribution < -0.4 is 15.8 Å². The standard InChI is InChI=1S/C23H25N5O2/c1-16-5-7-19(8-6-16)25-22(30)18-4-3-13-28(15-18)23-26-20(14-21(29)27(23)2)17-9-11-24-12-10-17/h5-12,14,18H,3-4,13,15H2,1-2H3,(H,25,30). The van der Waals surface area contributed by atoms with E-state index in [2.05, 4.69) is 10.3 Å². The van der Waals surface area contributed by atoms with Crippen LogP contribution in [0.2, 0.25) is 0 Å². The van der Waals surface area contributed by atoms with Crippen molar-refractivity contribution in [2.75, 3.05) is 23.3 Å². The van der Waals surface area contributed by atoms with Crippen molar-refractivity contribution in [1.29, 1.82) is 0 Å². The molecule has 0 spiro atoms. The Bertz CT molecular complexity index is 1090. The van der Waals surface area contributed by atoms with E-state index in [0.717, 1.165) is 36.2 Å². The molecule has 0 radical (unpaired) electrons. The number of carbonyl (C=O) groups excluding carboxylic acids is 1. The molecular weight excluding hydrogens is 378 g/mol. The quantitative estimate of drug-likeness (QED) is 0.724. The molecular formula is C23H25N5O2. The van der Waals surface area contributed by atoms with Gasteiger partial charge in [0.1, 0.15) is 0 Å². The van der Waals surface area contributed by atoms with Crippen molar-refractivity contribution >= 4 is 17.5 Å². The highest BCUT2D eigenvalue weighted by Crippen LogP contribution is 2.24. The fourth-order valence-corrected chi connectivity index (χ4v) is 3.73. The van der Waals surface area contributed by atoms with Crippen LogP contribution in [-0.2, 0) is 11.8 Å². The number of hydrogen-bond donors (Lipinski definition) is 1. The van der Waals surface area contributed by atoms with Gasteiger partial charge in [0.05, 0.1) is 11.6 Å². The van der Waals surface area contributed by atoms with Crippen molar-refractivity contribution in [2.24, 2.45) is 13.0 Å². The zero-order valence-electron chi connectivity index (χ0n) is 17.2. The van der Waals surface area contributed by atoms with E-state index in [1.54, 1.807) is 24.0 Å². The first-order chi connectivity index (χ1) is 14.5. The van der Waals surface area contributed by atoms with Crippen molar-refractivity contribution in [3.8, 4) is 11.3 Å². The topological polar surface area (TPSA) is 80.1 Å². The van der Waals surface area contributed by atoms with Crippen molar-refractivity contribution < 1.29 is 4.79 Å². The molecule has 1 N–H and O–H groups in total. The monoisotopic (exact) mass is 403 g/mol. The number of pyridine rings is 1. The molecule has 154 valence electrons. The summed E-state index contributed by atoms with van der Waals surface area (Å²) in [6, 6.07) is 13.0. The molecule has 1 aliphatic rings. The number of rotatable bonds is 4. The van der Waals surface area contributed by atoms with E-state index in [0.29, 0.717) is 18.2 Å². The molecule has 0 saturated carbocycles. The van der Waals surface area contributed by atoms with Crippen molar-refractivity contribution in [1.82, 2.24) is 14.5 Å². The third kappa shape index (κ3) is 4.25. The van der Waals surface area contributed by atoms with E-state index in [9.17, 15) is 9.59 Å². The number of nitrogens with one attached hydrogen (secondary N) is 1. The Morgan fingerprint density at radius 2 is 1.87 bits per heavy atom. The number of anilines is 2. The van der Waals surface area contributed by atoms with Crippen LogP contribution >= 0.6 is 0 Å². The minimum Gasteiger partial charge on any atom is -0.341 e. The lowest BCUT2D eigenvalue weighted by atomic mass is 9.97. The fourth-order valence-electron chi connectivity index (χ4n) is 3.73. The van der Waals surface area contributed by atoms with Gasteiger partial charge in [0.2, 0.25) is 11.9 Å². The van der Waals surface area contributed by atoms with Crippen LogP contribution in [0.1, 0.15) is 18.4 Å². The fraction of sp³-hybridized carbons (Fsp3) is 0.304. The molecule has 2 aromatic heterocycles. The Hall–Kier alpha value is -3.48. The Morgan fingerprint density at radius 1 is 1.13 bits per heavy atom. The number of carbonyl (C=O) groups is 1. The Balaban J connectivity index is 1.55. The molecule has 7 heteroatoms. The molecule has 3 aromatic rings. The zero-order chi connectivity index (χ0) is 21.1. The van der Waals surface area contributed by atoms with E-state index in [1.165, 1.54) is 6.07 Å². The molecule has 0 aliphatic carbocycles. The number of piperidine rings is 1. The first-order valence-corrected chi connectivity index (χ1v) is 10.1. The van der Waals surface area contributed by atoms with Crippen molar-refractivity contribution in [3.05, 3.63) is 70.8 Å². The molecule has 7 nitrogen and oxygen atoms in total. The molecule has 1 amide bonds. The minimum absolute atomic E-state index is 0.00107. The summed E-state index contributed by atoms with van der Waals surface area (Å²) in [5, 5.41) is 3.01. The summed E-state index contributed by atoms with van der Waals surface area (Å²) in [6.45, 7) is 3.30. The summed E-state index contributed by atoms with van der Waals surface area (Å²) in [5.41, 5.74) is 3.28. The van der Waals surface area contributed by atoms with Gasteiger partial charge in [-0.2, -0.15) is 0 Å². The maximum atomic E-state index is 12.8. The Morgan fingerprint density at radius 3 is 2.60 bits per heavy atom. The van der Waals surface area contributed by atoms with Crippen LogP contribution in [-0.4, -0.2) is 33.5 Å². The molecule has 1 aromatic carbocycles. The lowest BCUT2D eigenvalue weighted by molar-refractivity contribution is -0.120. The van der Waals surface area contributed by atoms with Crippen LogP contribution in [0.3, 0.4) is 0 Å². The second kappa shape index (κ2) is 8.49. The number of hydrogen-bond acceptors (Lipinski definition) is 5. The zero-order valence-corrected chi connectivity index (χ0v) is 17.2. The lowest BCUT2D eigenvalue weighted by Gasteiger charge is -2.33. The van der Waals surface area contributed by atoms with E-state index < -0.39 is 0 Å². The smallest absolute Gasteiger partial charge is 0.255 e. The maximum absolute atomic E-state index is 12.8. The first-order valence-electron chi connectivity index (χ1n) is 10.1. The highest BCUT2D eigenvalue weighted by atomic mass is 16.2. The number of aromatic nitrogens is 3. The first kappa shape index (κ1) is 19.8. The second-order valence-corrected chi connectivity index (χ2v) is 7.71. The van der Waals surface area contributed by atoms with E-state index in [4.69, 9.17) is 4.98 Å². The van der Waals surface area contributed by atoms with Crippen molar-refractivity contribution in [2.45, 2.75) is 19.8 Å². The van der Waals surface area contributed by atoms with Crippen LogP contribution in [0, 0.1) is 12.8 Å².